The maximum absolute atomic E-state index is 13.1. The lowest BCUT2D eigenvalue weighted by Crippen LogP contribution is -2.28. The first kappa shape index (κ1) is 19.2. The first-order chi connectivity index (χ1) is 13.3. The van der Waals surface area contributed by atoms with Gasteiger partial charge in [-0.05, 0) is 30.3 Å². The average molecular weight is 387 g/mol. The largest absolute Gasteiger partial charge is 0.416 e. The molecule has 0 aliphatic carbocycles. The van der Waals surface area contributed by atoms with Crippen LogP contribution in [-0.2, 0) is 6.18 Å². The Balaban J connectivity index is 2.11. The zero-order valence-corrected chi connectivity index (χ0v) is 14.9. The van der Waals surface area contributed by atoms with Gasteiger partial charge in [-0.1, -0.05) is 6.07 Å². The van der Waals surface area contributed by atoms with E-state index in [1.165, 1.54) is 27.9 Å². The monoisotopic (exact) mass is 387 g/mol. The number of alkyl halides is 3. The Hall–Kier alpha value is -3.54. The van der Waals surface area contributed by atoms with Crippen LogP contribution in [0.5, 0.6) is 0 Å². The van der Waals surface area contributed by atoms with Crippen LogP contribution in [0.1, 0.15) is 22.3 Å². The van der Waals surface area contributed by atoms with E-state index in [-0.39, 0.29) is 30.1 Å². The van der Waals surface area contributed by atoms with Crippen molar-refractivity contribution in [2.75, 3.05) is 13.6 Å². The number of aromatic nitrogens is 3. The highest BCUT2D eigenvalue weighted by molar-refractivity contribution is 5.97. The fraction of sp³-hybridized carbons (Fsp3) is 0.211. The maximum Gasteiger partial charge on any atom is 0.416 e. The molecule has 2 aromatic heterocycles. The van der Waals surface area contributed by atoms with E-state index in [2.05, 4.69) is 5.10 Å². The quantitative estimate of drug-likeness (QED) is 0.671. The summed E-state index contributed by atoms with van der Waals surface area (Å²) in [4.78, 5) is 14.2. The number of nitrogens with zero attached hydrogens (tertiary/aromatic N) is 5. The molecule has 0 unspecified atom stereocenters. The third kappa shape index (κ3) is 3.76. The first-order valence-corrected chi connectivity index (χ1v) is 8.34. The van der Waals surface area contributed by atoms with Crippen LogP contribution in [0.2, 0.25) is 0 Å². The van der Waals surface area contributed by atoms with Gasteiger partial charge in [0.15, 0.2) is 5.82 Å². The molecule has 0 saturated heterocycles. The Morgan fingerprint density at radius 3 is 2.61 bits per heavy atom. The topological polar surface area (TPSA) is 66.8 Å². The highest BCUT2D eigenvalue weighted by Crippen LogP contribution is 2.31. The van der Waals surface area contributed by atoms with Crippen LogP contribution in [0, 0.1) is 11.3 Å². The van der Waals surface area contributed by atoms with Gasteiger partial charge in [-0.2, -0.15) is 23.5 Å². The molecular weight excluding hydrogens is 371 g/mol. The van der Waals surface area contributed by atoms with Gasteiger partial charge in [0.05, 0.1) is 29.9 Å². The van der Waals surface area contributed by atoms with Gasteiger partial charge in [0.25, 0.3) is 5.91 Å². The summed E-state index contributed by atoms with van der Waals surface area (Å²) in [5, 5.41) is 12.9. The van der Waals surface area contributed by atoms with Gasteiger partial charge in [0.1, 0.15) is 5.56 Å². The number of benzene rings is 1. The van der Waals surface area contributed by atoms with Crippen molar-refractivity contribution in [3.8, 4) is 17.6 Å². The second-order valence-electron chi connectivity index (χ2n) is 6.07. The lowest BCUT2D eigenvalue weighted by Gasteiger charge is -2.17. The summed E-state index contributed by atoms with van der Waals surface area (Å²) in [7, 11) is 1.56. The molecule has 3 aromatic rings. The van der Waals surface area contributed by atoms with Gasteiger partial charge in [-0.3, -0.25) is 4.79 Å². The molecule has 0 fully saturated rings. The maximum atomic E-state index is 13.1. The zero-order chi connectivity index (χ0) is 20.3. The number of rotatable bonds is 5. The molecule has 144 valence electrons. The van der Waals surface area contributed by atoms with Crippen molar-refractivity contribution < 1.29 is 18.0 Å². The Kier molecular flexibility index (Phi) is 5.22. The molecule has 0 aliphatic rings. The van der Waals surface area contributed by atoms with E-state index >= 15 is 0 Å². The van der Waals surface area contributed by atoms with Crippen LogP contribution >= 0.6 is 0 Å². The summed E-state index contributed by atoms with van der Waals surface area (Å²) in [6.07, 6.45) is 0.344. The average Bonchev–Trinajstić information content (AvgIpc) is 3.34. The van der Waals surface area contributed by atoms with Crippen molar-refractivity contribution >= 4 is 5.91 Å². The number of carbonyl (C=O) groups is 1. The minimum atomic E-state index is -4.49. The van der Waals surface area contributed by atoms with E-state index in [4.69, 9.17) is 5.26 Å². The number of nitriles is 1. The molecule has 28 heavy (non-hydrogen) atoms. The molecule has 1 aromatic carbocycles. The van der Waals surface area contributed by atoms with Crippen LogP contribution < -0.4 is 0 Å². The molecule has 6 nitrogen and oxygen atoms in total. The standard InChI is InChI=1S/C19H16F3N5O/c1-25(9-5-8-23)18(28)16-13-24-27(17(16)26-10-2-3-11-26)15-7-4-6-14(12-15)19(20,21)22/h2-4,6-7,10-13H,5,9H2,1H3. The summed E-state index contributed by atoms with van der Waals surface area (Å²) < 4.78 is 42.2. The first-order valence-electron chi connectivity index (χ1n) is 8.34. The van der Waals surface area contributed by atoms with E-state index in [9.17, 15) is 18.0 Å². The van der Waals surface area contributed by atoms with E-state index in [0.717, 1.165) is 12.1 Å². The molecule has 2 heterocycles. The van der Waals surface area contributed by atoms with Crippen LogP contribution in [0.15, 0.2) is 55.0 Å². The predicted molar refractivity (Wildman–Crippen MR) is 95.1 cm³/mol. The van der Waals surface area contributed by atoms with Gasteiger partial charge >= 0.3 is 6.18 Å². The third-order valence-electron chi connectivity index (χ3n) is 4.15. The van der Waals surface area contributed by atoms with Gasteiger partial charge in [-0.25, -0.2) is 4.68 Å². The number of carbonyl (C=O) groups excluding carboxylic acids is 1. The highest BCUT2D eigenvalue weighted by Gasteiger charge is 2.31. The zero-order valence-electron chi connectivity index (χ0n) is 14.9. The van der Waals surface area contributed by atoms with Crippen molar-refractivity contribution in [1.82, 2.24) is 19.2 Å². The molecule has 9 heteroatoms. The van der Waals surface area contributed by atoms with Crippen molar-refractivity contribution in [3.63, 3.8) is 0 Å². The molecule has 0 radical (unpaired) electrons. The summed E-state index contributed by atoms with van der Waals surface area (Å²) in [6.45, 7) is 0.231. The van der Waals surface area contributed by atoms with E-state index < -0.39 is 11.7 Å². The SMILES string of the molecule is CN(CCC#N)C(=O)c1cnn(-c2cccc(C(F)(F)F)c2)c1-n1cccc1. The van der Waals surface area contributed by atoms with Crippen LogP contribution in [0.25, 0.3) is 11.5 Å². The van der Waals surface area contributed by atoms with Crippen molar-refractivity contribution in [2.45, 2.75) is 12.6 Å². The molecule has 1 amide bonds. The van der Waals surface area contributed by atoms with Gasteiger partial charge in [-0.15, -0.1) is 0 Å². The molecule has 0 saturated carbocycles. The van der Waals surface area contributed by atoms with Crippen molar-refractivity contribution in [2.24, 2.45) is 0 Å². The van der Waals surface area contributed by atoms with E-state index in [1.54, 1.807) is 36.1 Å². The summed E-state index contributed by atoms with van der Waals surface area (Å²) in [5.74, 6) is -0.0599. The molecule has 0 spiro atoms. The van der Waals surface area contributed by atoms with E-state index in [0.29, 0.717) is 5.82 Å². The molecule has 0 aliphatic heterocycles. The Bertz CT molecular complexity index is 1020. The van der Waals surface area contributed by atoms with Gasteiger partial charge < -0.3 is 9.47 Å². The van der Waals surface area contributed by atoms with Crippen LogP contribution in [0.4, 0.5) is 13.2 Å². The Labute approximate surface area is 159 Å². The third-order valence-corrected chi connectivity index (χ3v) is 4.15. The second kappa shape index (κ2) is 7.60. The van der Waals surface area contributed by atoms with Crippen molar-refractivity contribution in [3.05, 3.63) is 66.1 Å². The van der Waals surface area contributed by atoms with Crippen molar-refractivity contribution in [1.29, 1.82) is 5.26 Å². The smallest absolute Gasteiger partial charge is 0.341 e. The molecule has 0 N–H and O–H groups in total. The van der Waals surface area contributed by atoms with Crippen LogP contribution in [-0.4, -0.2) is 38.7 Å². The minimum Gasteiger partial charge on any atom is -0.341 e. The fourth-order valence-electron chi connectivity index (χ4n) is 2.74. The molecule has 3 rings (SSSR count). The van der Waals surface area contributed by atoms with Gasteiger partial charge in [0.2, 0.25) is 0 Å². The Morgan fingerprint density at radius 1 is 1.25 bits per heavy atom. The van der Waals surface area contributed by atoms with Gasteiger partial charge in [0, 0.05) is 26.0 Å². The Morgan fingerprint density at radius 2 is 1.96 bits per heavy atom. The van der Waals surface area contributed by atoms with Crippen LogP contribution in [0.3, 0.4) is 0 Å². The number of hydrogen-bond donors (Lipinski definition) is 0. The molecule has 0 atom stereocenters. The summed E-state index contributed by atoms with van der Waals surface area (Å²) in [6, 6.07) is 10.2. The minimum absolute atomic E-state index is 0.170. The number of halogens is 3. The summed E-state index contributed by atoms with van der Waals surface area (Å²) in [5.41, 5.74) is -0.413. The predicted octanol–water partition coefficient (Wildman–Crippen LogP) is 3.67. The lowest BCUT2D eigenvalue weighted by molar-refractivity contribution is -0.137. The lowest BCUT2D eigenvalue weighted by atomic mass is 10.2. The fourth-order valence-corrected chi connectivity index (χ4v) is 2.74. The summed E-state index contributed by atoms with van der Waals surface area (Å²) >= 11 is 0. The van der Waals surface area contributed by atoms with E-state index in [1.807, 2.05) is 6.07 Å². The molecule has 0 bridgehead atoms. The molecular formula is C19H16F3N5O. The second-order valence-corrected chi connectivity index (χ2v) is 6.07. The normalized spacial score (nSPS) is 11.2. The number of hydrogen-bond acceptors (Lipinski definition) is 3. The highest BCUT2D eigenvalue weighted by atomic mass is 19.4. The number of amides is 1.